The van der Waals surface area contributed by atoms with E-state index >= 15 is 0 Å². The summed E-state index contributed by atoms with van der Waals surface area (Å²) in [6, 6.07) is 0. The van der Waals surface area contributed by atoms with Crippen molar-refractivity contribution in [3.8, 4) is 0 Å². The van der Waals surface area contributed by atoms with Gasteiger partial charge in [0.05, 0.1) is 12.2 Å². The fourth-order valence-corrected chi connectivity index (χ4v) is 2.16. The Hall–Kier alpha value is -0.610. The maximum absolute atomic E-state index is 10.4. The second kappa shape index (κ2) is 7.67. The first-order valence-corrected chi connectivity index (χ1v) is 6.66. The minimum absolute atomic E-state index is 0.282. The molecule has 1 aliphatic heterocycles. The van der Waals surface area contributed by atoms with Gasteiger partial charge in [0.25, 0.3) is 0 Å². The summed E-state index contributed by atoms with van der Waals surface area (Å²) in [5.74, 6) is -0.222. The van der Waals surface area contributed by atoms with Gasteiger partial charge in [-0.2, -0.15) is 0 Å². The van der Waals surface area contributed by atoms with Crippen LogP contribution in [-0.2, 0) is 9.53 Å². The summed E-state index contributed by atoms with van der Waals surface area (Å²) in [4.78, 5) is 10.4. The number of rotatable bonds is 8. The molecule has 0 aromatic carbocycles. The molecule has 0 spiro atoms. The molecule has 1 fully saturated rings. The van der Waals surface area contributed by atoms with Crippen LogP contribution in [0.3, 0.4) is 0 Å². The second-order valence-corrected chi connectivity index (χ2v) is 5.18. The summed E-state index contributed by atoms with van der Waals surface area (Å²) < 4.78 is 5.71. The number of ether oxygens (including phenoxy) is 1. The van der Waals surface area contributed by atoms with E-state index in [-0.39, 0.29) is 6.42 Å². The molecule has 100 valence electrons. The molecule has 0 aromatic heterocycles. The topological polar surface area (TPSA) is 58.6 Å². The predicted octanol–water partition coefficient (Wildman–Crippen LogP) is 2.03. The number of hydrogen-bond donors (Lipinski definition) is 2. The third-order valence-electron chi connectivity index (χ3n) is 3.36. The first-order chi connectivity index (χ1) is 8.08. The summed E-state index contributed by atoms with van der Waals surface area (Å²) in [7, 11) is 0. The molecule has 17 heavy (non-hydrogen) atoms. The first-order valence-electron chi connectivity index (χ1n) is 6.66. The summed E-state index contributed by atoms with van der Waals surface area (Å²) in [6.45, 7) is 6.11. The van der Waals surface area contributed by atoms with E-state index in [1.54, 1.807) is 0 Å². The molecule has 0 radical (unpaired) electrons. The van der Waals surface area contributed by atoms with Gasteiger partial charge in [0.1, 0.15) is 0 Å². The van der Waals surface area contributed by atoms with Crippen molar-refractivity contribution in [2.75, 3.05) is 13.1 Å². The Bertz CT molecular complexity index is 233. The minimum atomic E-state index is -0.696. The monoisotopic (exact) mass is 243 g/mol. The van der Waals surface area contributed by atoms with Gasteiger partial charge in [-0.3, -0.25) is 4.79 Å². The average Bonchev–Trinajstić information content (AvgIpc) is 2.68. The van der Waals surface area contributed by atoms with E-state index in [0.717, 1.165) is 32.4 Å². The van der Waals surface area contributed by atoms with Crippen molar-refractivity contribution in [2.45, 2.75) is 58.2 Å². The Morgan fingerprint density at radius 3 is 2.82 bits per heavy atom. The molecule has 1 aliphatic rings. The Labute approximate surface area is 104 Å². The number of carbonyl (C=O) groups is 1. The van der Waals surface area contributed by atoms with Crippen molar-refractivity contribution >= 4 is 5.97 Å². The molecule has 0 amide bonds. The zero-order chi connectivity index (χ0) is 12.7. The second-order valence-electron chi connectivity index (χ2n) is 5.18. The smallest absolute Gasteiger partial charge is 0.303 e. The molecule has 1 rings (SSSR count). The Kier molecular flexibility index (Phi) is 6.52. The minimum Gasteiger partial charge on any atom is -0.481 e. The van der Waals surface area contributed by atoms with Gasteiger partial charge in [0.2, 0.25) is 0 Å². The lowest BCUT2D eigenvalue weighted by Crippen LogP contribution is -2.28. The van der Waals surface area contributed by atoms with Crippen LogP contribution in [0.5, 0.6) is 0 Å². The van der Waals surface area contributed by atoms with Gasteiger partial charge in [0, 0.05) is 13.0 Å². The lowest BCUT2D eigenvalue weighted by molar-refractivity contribution is -0.137. The molecule has 0 aromatic rings. The maximum Gasteiger partial charge on any atom is 0.303 e. The fourth-order valence-electron chi connectivity index (χ4n) is 2.16. The van der Waals surface area contributed by atoms with Gasteiger partial charge in [0.15, 0.2) is 0 Å². The summed E-state index contributed by atoms with van der Waals surface area (Å²) in [5, 5.41) is 12.0. The van der Waals surface area contributed by atoms with Crippen molar-refractivity contribution in [1.82, 2.24) is 5.32 Å². The fraction of sp³-hybridized carbons (Fsp3) is 0.923. The Morgan fingerprint density at radius 1 is 1.47 bits per heavy atom. The van der Waals surface area contributed by atoms with Gasteiger partial charge in [-0.25, -0.2) is 0 Å². The maximum atomic E-state index is 10.4. The van der Waals surface area contributed by atoms with Gasteiger partial charge < -0.3 is 15.2 Å². The van der Waals surface area contributed by atoms with E-state index < -0.39 is 5.97 Å². The Balaban J connectivity index is 1.94. The molecule has 2 N–H and O–H groups in total. The van der Waals surface area contributed by atoms with E-state index in [0.29, 0.717) is 18.1 Å². The molecule has 0 bridgehead atoms. The van der Waals surface area contributed by atoms with Crippen molar-refractivity contribution in [3.63, 3.8) is 0 Å². The average molecular weight is 243 g/mol. The third-order valence-corrected chi connectivity index (χ3v) is 3.36. The largest absolute Gasteiger partial charge is 0.481 e. The molecular formula is C13H25NO3. The standard InChI is InChI=1S/C13H25NO3/c1-10(3-6-13(15)16)7-8-14-9-12-5-4-11(2)17-12/h10-12,14H,3-9H2,1-2H3,(H,15,16). The SMILES string of the molecule is CC(CCNCC1CCC(C)O1)CCC(=O)O. The van der Waals surface area contributed by atoms with Crippen molar-refractivity contribution in [1.29, 1.82) is 0 Å². The van der Waals surface area contributed by atoms with Crippen molar-refractivity contribution in [3.05, 3.63) is 0 Å². The predicted molar refractivity (Wildman–Crippen MR) is 67.1 cm³/mol. The molecule has 0 saturated carbocycles. The summed E-state index contributed by atoms with van der Waals surface area (Å²) >= 11 is 0. The van der Waals surface area contributed by atoms with E-state index in [1.807, 2.05) is 0 Å². The quantitative estimate of drug-likeness (QED) is 0.640. The molecule has 1 heterocycles. The van der Waals surface area contributed by atoms with Crippen LogP contribution < -0.4 is 5.32 Å². The van der Waals surface area contributed by atoms with Crippen molar-refractivity contribution < 1.29 is 14.6 Å². The molecule has 4 nitrogen and oxygen atoms in total. The molecule has 0 aliphatic carbocycles. The normalized spacial score (nSPS) is 26.0. The first kappa shape index (κ1) is 14.5. The van der Waals surface area contributed by atoms with Crippen LogP contribution in [0.4, 0.5) is 0 Å². The summed E-state index contributed by atoms with van der Waals surface area (Å²) in [5.41, 5.74) is 0. The van der Waals surface area contributed by atoms with Gasteiger partial charge in [-0.1, -0.05) is 6.92 Å². The highest BCUT2D eigenvalue weighted by molar-refractivity contribution is 5.66. The molecular weight excluding hydrogens is 218 g/mol. The lowest BCUT2D eigenvalue weighted by Gasteiger charge is -2.14. The van der Waals surface area contributed by atoms with Crippen LogP contribution in [0.25, 0.3) is 0 Å². The van der Waals surface area contributed by atoms with Crippen LogP contribution in [0.1, 0.15) is 46.0 Å². The lowest BCUT2D eigenvalue weighted by atomic mass is 10.0. The number of carboxylic acids is 1. The number of aliphatic carboxylic acids is 1. The van der Waals surface area contributed by atoms with Gasteiger partial charge >= 0.3 is 5.97 Å². The molecule has 1 saturated heterocycles. The zero-order valence-electron chi connectivity index (χ0n) is 10.9. The van der Waals surface area contributed by atoms with Crippen molar-refractivity contribution in [2.24, 2.45) is 5.92 Å². The highest BCUT2D eigenvalue weighted by Crippen LogP contribution is 2.18. The van der Waals surface area contributed by atoms with Crippen LogP contribution >= 0.6 is 0 Å². The highest BCUT2D eigenvalue weighted by Gasteiger charge is 2.20. The van der Waals surface area contributed by atoms with E-state index in [4.69, 9.17) is 9.84 Å². The van der Waals surface area contributed by atoms with Crippen LogP contribution in [0.15, 0.2) is 0 Å². The molecule has 3 atom stereocenters. The van der Waals surface area contributed by atoms with Crippen LogP contribution in [0, 0.1) is 5.92 Å². The number of carboxylic acid groups (broad SMARTS) is 1. The van der Waals surface area contributed by atoms with Gasteiger partial charge in [-0.05, 0) is 45.1 Å². The van der Waals surface area contributed by atoms with E-state index in [1.165, 1.54) is 6.42 Å². The number of hydrogen-bond acceptors (Lipinski definition) is 3. The van der Waals surface area contributed by atoms with Crippen LogP contribution in [0.2, 0.25) is 0 Å². The molecule has 4 heteroatoms. The zero-order valence-corrected chi connectivity index (χ0v) is 10.9. The number of nitrogens with one attached hydrogen (secondary N) is 1. The van der Waals surface area contributed by atoms with Crippen LogP contribution in [-0.4, -0.2) is 36.4 Å². The highest BCUT2D eigenvalue weighted by atomic mass is 16.5. The third kappa shape index (κ3) is 6.64. The molecule has 3 unspecified atom stereocenters. The summed E-state index contributed by atoms with van der Waals surface area (Å²) in [6.07, 6.45) is 5.20. The Morgan fingerprint density at radius 2 is 2.24 bits per heavy atom. The van der Waals surface area contributed by atoms with E-state index in [9.17, 15) is 4.79 Å². The van der Waals surface area contributed by atoms with E-state index in [2.05, 4.69) is 19.2 Å². The van der Waals surface area contributed by atoms with Gasteiger partial charge in [-0.15, -0.1) is 0 Å².